The minimum Gasteiger partial charge on any atom is -0.383 e. The van der Waals surface area contributed by atoms with Crippen molar-refractivity contribution in [2.75, 3.05) is 26.4 Å². The Kier molecular flexibility index (Phi) is 6.65. The van der Waals surface area contributed by atoms with Crippen molar-refractivity contribution in [1.29, 1.82) is 0 Å². The Balaban J connectivity index is 1.35. The normalized spacial score (nSPS) is 23.8. The van der Waals surface area contributed by atoms with E-state index in [-0.39, 0.29) is 12.9 Å². The summed E-state index contributed by atoms with van der Waals surface area (Å²) in [5, 5.41) is 12.9. The first-order chi connectivity index (χ1) is 13.9. The average Bonchev–Trinajstić information content (AvgIpc) is 3.38. The molecule has 2 unspecified atom stereocenters. The van der Waals surface area contributed by atoms with Crippen LogP contribution < -0.4 is 0 Å². The summed E-state index contributed by atoms with van der Waals surface area (Å²) in [7, 11) is 0. The van der Waals surface area contributed by atoms with Gasteiger partial charge < -0.3 is 24.1 Å². The Morgan fingerprint density at radius 2 is 1.97 bits per heavy atom. The maximum Gasteiger partial charge on any atom is 0.192 e. The highest BCUT2D eigenvalue weighted by atomic mass is 32.2. The van der Waals surface area contributed by atoms with E-state index in [1.807, 2.05) is 18.4 Å². The van der Waals surface area contributed by atoms with E-state index in [1.165, 1.54) is 0 Å². The van der Waals surface area contributed by atoms with Crippen molar-refractivity contribution in [3.8, 4) is 0 Å². The summed E-state index contributed by atoms with van der Waals surface area (Å²) in [4.78, 5) is 1.13. The van der Waals surface area contributed by atoms with E-state index in [4.69, 9.17) is 18.9 Å². The number of hydrogen-bond acceptors (Lipinski definition) is 7. The SMILES string of the molecule is CC(O)(COC1CCCCO1)c1csc(Sc2ccc(C3(C)OCCO3)cc2)c1. The van der Waals surface area contributed by atoms with Crippen molar-refractivity contribution in [2.45, 2.75) is 59.9 Å². The van der Waals surface area contributed by atoms with Gasteiger partial charge in [-0.3, -0.25) is 0 Å². The molecule has 0 radical (unpaired) electrons. The van der Waals surface area contributed by atoms with E-state index in [2.05, 4.69) is 24.3 Å². The second-order valence-corrected chi connectivity index (χ2v) is 10.1. The van der Waals surface area contributed by atoms with Crippen LogP contribution >= 0.6 is 23.1 Å². The lowest BCUT2D eigenvalue weighted by atomic mass is 10.0. The maximum atomic E-state index is 10.9. The standard InChI is InChI=1S/C22H28O5S2/c1-21(23,15-25-19-5-3-4-10-24-19)17-13-20(28-14-17)29-18-8-6-16(7-9-18)22(2)26-11-12-27-22/h6-9,13-14,19,23H,3-5,10-12,15H2,1-2H3. The lowest BCUT2D eigenvalue weighted by molar-refractivity contribution is -0.190. The van der Waals surface area contributed by atoms with Gasteiger partial charge in [-0.2, -0.15) is 0 Å². The second kappa shape index (κ2) is 9.06. The summed E-state index contributed by atoms with van der Waals surface area (Å²) in [5.41, 5.74) is 0.861. The molecule has 2 aliphatic heterocycles. The molecule has 0 aliphatic carbocycles. The molecule has 5 nitrogen and oxygen atoms in total. The van der Waals surface area contributed by atoms with Crippen molar-refractivity contribution in [2.24, 2.45) is 0 Å². The molecular weight excluding hydrogens is 408 g/mol. The molecule has 1 aromatic heterocycles. The van der Waals surface area contributed by atoms with Crippen LogP contribution in [-0.2, 0) is 30.3 Å². The van der Waals surface area contributed by atoms with E-state index in [0.29, 0.717) is 13.2 Å². The molecular formula is C22H28O5S2. The lowest BCUT2D eigenvalue weighted by Gasteiger charge is -2.28. The van der Waals surface area contributed by atoms with Gasteiger partial charge in [0.05, 0.1) is 24.0 Å². The first-order valence-electron chi connectivity index (χ1n) is 10.1. The third-order valence-corrected chi connectivity index (χ3v) is 7.41. The molecule has 2 aromatic rings. The molecule has 0 amide bonds. The zero-order chi connectivity index (χ0) is 20.3. The maximum absolute atomic E-state index is 10.9. The topological polar surface area (TPSA) is 57.2 Å². The molecule has 4 rings (SSSR count). The molecule has 2 fully saturated rings. The minimum absolute atomic E-state index is 0.198. The van der Waals surface area contributed by atoms with Crippen molar-refractivity contribution < 1.29 is 24.1 Å². The van der Waals surface area contributed by atoms with Crippen LogP contribution in [0, 0.1) is 0 Å². The molecule has 0 spiro atoms. The third kappa shape index (κ3) is 5.22. The summed E-state index contributed by atoms with van der Waals surface area (Å²) in [6.45, 7) is 5.97. The highest BCUT2D eigenvalue weighted by Crippen LogP contribution is 2.38. The smallest absolute Gasteiger partial charge is 0.192 e. The van der Waals surface area contributed by atoms with E-state index >= 15 is 0 Å². The number of hydrogen-bond donors (Lipinski definition) is 1. The lowest BCUT2D eigenvalue weighted by Crippen LogP contribution is -2.32. The Morgan fingerprint density at radius 1 is 1.21 bits per heavy atom. The van der Waals surface area contributed by atoms with Gasteiger partial charge in [0.2, 0.25) is 0 Å². The summed E-state index contributed by atoms with van der Waals surface area (Å²) >= 11 is 3.31. The molecule has 2 saturated heterocycles. The minimum atomic E-state index is -1.04. The quantitative estimate of drug-likeness (QED) is 0.668. The monoisotopic (exact) mass is 436 g/mol. The van der Waals surface area contributed by atoms with Crippen LogP contribution in [0.15, 0.2) is 44.8 Å². The fourth-order valence-corrected chi connectivity index (χ4v) is 5.53. The van der Waals surface area contributed by atoms with Gasteiger partial charge in [0.1, 0.15) is 5.60 Å². The molecule has 1 aromatic carbocycles. The zero-order valence-electron chi connectivity index (χ0n) is 16.9. The molecule has 158 valence electrons. The predicted molar refractivity (Wildman–Crippen MR) is 113 cm³/mol. The first-order valence-corrected chi connectivity index (χ1v) is 11.8. The highest BCUT2D eigenvalue weighted by molar-refractivity contribution is 8.01. The van der Waals surface area contributed by atoms with E-state index in [9.17, 15) is 5.11 Å². The van der Waals surface area contributed by atoms with Crippen LogP contribution in [0.5, 0.6) is 0 Å². The number of ether oxygens (including phenoxy) is 4. The fourth-order valence-electron chi connectivity index (χ4n) is 3.46. The number of aliphatic hydroxyl groups is 1. The van der Waals surface area contributed by atoms with Crippen molar-refractivity contribution in [3.63, 3.8) is 0 Å². The number of thiophene rings is 1. The van der Waals surface area contributed by atoms with E-state index < -0.39 is 11.4 Å². The summed E-state index contributed by atoms with van der Waals surface area (Å²) in [6.07, 6.45) is 2.89. The molecule has 2 aliphatic rings. The fraction of sp³-hybridized carbons (Fsp3) is 0.545. The largest absolute Gasteiger partial charge is 0.383 e. The summed E-state index contributed by atoms with van der Waals surface area (Å²) < 4.78 is 24.0. The molecule has 29 heavy (non-hydrogen) atoms. The Labute approximate surface area is 180 Å². The molecule has 0 saturated carbocycles. The Morgan fingerprint density at radius 3 is 2.66 bits per heavy atom. The summed E-state index contributed by atoms with van der Waals surface area (Å²) in [6, 6.07) is 10.3. The number of benzene rings is 1. The van der Waals surface area contributed by atoms with Crippen LogP contribution in [0.1, 0.15) is 44.2 Å². The van der Waals surface area contributed by atoms with Crippen molar-refractivity contribution in [1.82, 2.24) is 0 Å². The van der Waals surface area contributed by atoms with Crippen LogP contribution in [-0.4, -0.2) is 37.8 Å². The molecule has 2 atom stereocenters. The molecule has 3 heterocycles. The summed E-state index contributed by atoms with van der Waals surface area (Å²) in [5.74, 6) is -0.639. The molecule has 0 bridgehead atoms. The van der Waals surface area contributed by atoms with Crippen molar-refractivity contribution >= 4 is 23.1 Å². The first kappa shape index (κ1) is 21.3. The van der Waals surface area contributed by atoms with Gasteiger partial charge in [0, 0.05) is 17.1 Å². The van der Waals surface area contributed by atoms with Crippen LogP contribution in [0.4, 0.5) is 0 Å². The van der Waals surface area contributed by atoms with Gasteiger partial charge >= 0.3 is 0 Å². The highest BCUT2D eigenvalue weighted by Gasteiger charge is 2.33. The van der Waals surface area contributed by atoms with Crippen LogP contribution in [0.2, 0.25) is 0 Å². The van der Waals surface area contributed by atoms with Gasteiger partial charge in [0.25, 0.3) is 0 Å². The predicted octanol–water partition coefficient (Wildman–Crippen LogP) is 4.87. The average molecular weight is 437 g/mol. The van der Waals surface area contributed by atoms with Gasteiger partial charge in [-0.25, -0.2) is 0 Å². The van der Waals surface area contributed by atoms with Gasteiger partial charge in [-0.15, -0.1) is 11.3 Å². The van der Waals surface area contributed by atoms with Gasteiger partial charge in [0.15, 0.2) is 12.1 Å². The second-order valence-electron chi connectivity index (χ2n) is 7.80. The zero-order valence-corrected chi connectivity index (χ0v) is 18.5. The van der Waals surface area contributed by atoms with Gasteiger partial charge in [-0.05, 0) is 62.3 Å². The third-order valence-electron chi connectivity index (χ3n) is 5.32. The Hall–Kier alpha value is -0.930. The van der Waals surface area contributed by atoms with Crippen LogP contribution in [0.25, 0.3) is 0 Å². The van der Waals surface area contributed by atoms with E-state index in [1.54, 1.807) is 30.0 Å². The molecule has 1 N–H and O–H groups in total. The molecule has 7 heteroatoms. The van der Waals surface area contributed by atoms with Gasteiger partial charge in [-0.1, -0.05) is 23.9 Å². The van der Waals surface area contributed by atoms with Crippen LogP contribution in [0.3, 0.4) is 0 Å². The van der Waals surface area contributed by atoms with Crippen molar-refractivity contribution in [3.05, 3.63) is 46.8 Å². The van der Waals surface area contributed by atoms with E-state index in [0.717, 1.165) is 46.1 Å². The number of rotatable bonds is 7. The Bertz CT molecular complexity index is 790.